The van der Waals surface area contributed by atoms with Gasteiger partial charge in [-0.15, -0.1) is 0 Å². The third-order valence-electron chi connectivity index (χ3n) is 4.21. The molecule has 0 radical (unpaired) electrons. The third-order valence-corrected chi connectivity index (χ3v) is 4.21. The Morgan fingerprint density at radius 2 is 2.08 bits per heavy atom. The number of nitrogens with one attached hydrogen (secondary N) is 1. The van der Waals surface area contributed by atoms with Crippen molar-refractivity contribution in [2.75, 3.05) is 6.54 Å². The van der Waals surface area contributed by atoms with Crippen molar-refractivity contribution in [3.63, 3.8) is 0 Å². The third kappa shape index (κ3) is 3.23. The highest BCUT2D eigenvalue weighted by molar-refractivity contribution is 5.93. The number of amides is 1. The maximum atomic E-state index is 13.3. The Bertz CT molecular complexity index is 838. The van der Waals surface area contributed by atoms with Gasteiger partial charge in [0.2, 0.25) is 0 Å². The van der Waals surface area contributed by atoms with Gasteiger partial charge in [0.05, 0.1) is 23.3 Å². The zero-order valence-electron chi connectivity index (χ0n) is 12.9. The number of aromatic nitrogens is 1. The molecule has 1 aromatic carbocycles. The average molecular weight is 349 g/mol. The number of halogens is 3. The van der Waals surface area contributed by atoms with Crippen molar-refractivity contribution in [2.45, 2.75) is 24.7 Å². The SMILES string of the molecule is N#Cc1c[nH]c(C(=O)N2C[C@@H](O)C[C@@H]2c2ccccc2C(F)(F)F)c1. The number of carbonyl (C=O) groups excluding carboxylic acids is 1. The normalized spacial score (nSPS) is 20.5. The number of nitriles is 1. The highest BCUT2D eigenvalue weighted by atomic mass is 19.4. The number of alkyl halides is 3. The van der Waals surface area contributed by atoms with Crippen LogP contribution < -0.4 is 0 Å². The number of rotatable bonds is 2. The average Bonchev–Trinajstić information content (AvgIpc) is 3.20. The molecule has 2 aromatic rings. The van der Waals surface area contributed by atoms with Gasteiger partial charge < -0.3 is 15.0 Å². The Balaban J connectivity index is 1.98. The van der Waals surface area contributed by atoms with E-state index in [1.165, 1.54) is 35.4 Å². The number of nitrogens with zero attached hydrogens (tertiary/aromatic N) is 2. The summed E-state index contributed by atoms with van der Waals surface area (Å²) in [5.74, 6) is -0.556. The molecular weight excluding hydrogens is 335 g/mol. The van der Waals surface area contributed by atoms with Crippen LogP contribution in [0.5, 0.6) is 0 Å². The second-order valence-electron chi connectivity index (χ2n) is 5.86. The van der Waals surface area contributed by atoms with Crippen LogP contribution in [0.2, 0.25) is 0 Å². The predicted molar refractivity (Wildman–Crippen MR) is 81.4 cm³/mol. The van der Waals surface area contributed by atoms with Gasteiger partial charge in [0.25, 0.3) is 5.91 Å². The minimum atomic E-state index is -4.56. The number of aliphatic hydroxyl groups excluding tert-OH is 1. The number of hydrogen-bond donors (Lipinski definition) is 2. The van der Waals surface area contributed by atoms with Gasteiger partial charge in [-0.2, -0.15) is 18.4 Å². The molecule has 2 N–H and O–H groups in total. The van der Waals surface area contributed by atoms with Crippen molar-refractivity contribution in [1.29, 1.82) is 5.26 Å². The number of H-pyrrole nitrogens is 1. The van der Waals surface area contributed by atoms with E-state index in [0.29, 0.717) is 0 Å². The lowest BCUT2D eigenvalue weighted by Gasteiger charge is -2.26. The van der Waals surface area contributed by atoms with Crippen LogP contribution in [0.3, 0.4) is 0 Å². The van der Waals surface area contributed by atoms with Crippen LogP contribution in [0.4, 0.5) is 13.2 Å². The van der Waals surface area contributed by atoms with E-state index in [1.54, 1.807) is 0 Å². The first-order valence-electron chi connectivity index (χ1n) is 7.55. The number of aromatic amines is 1. The molecule has 0 aliphatic carbocycles. The largest absolute Gasteiger partial charge is 0.416 e. The molecule has 5 nitrogen and oxygen atoms in total. The molecule has 8 heteroatoms. The van der Waals surface area contributed by atoms with Crippen LogP contribution in [0, 0.1) is 11.3 Å². The summed E-state index contributed by atoms with van der Waals surface area (Å²) in [5.41, 5.74) is -0.529. The maximum Gasteiger partial charge on any atom is 0.416 e. The zero-order chi connectivity index (χ0) is 18.2. The molecule has 3 rings (SSSR count). The summed E-state index contributed by atoms with van der Waals surface area (Å²) < 4.78 is 39.9. The van der Waals surface area contributed by atoms with Crippen LogP contribution in [-0.4, -0.2) is 33.5 Å². The molecule has 0 spiro atoms. The smallest absolute Gasteiger partial charge is 0.391 e. The van der Waals surface area contributed by atoms with E-state index in [2.05, 4.69) is 4.98 Å². The number of benzene rings is 1. The number of carbonyl (C=O) groups is 1. The van der Waals surface area contributed by atoms with Gasteiger partial charge in [0, 0.05) is 12.7 Å². The Hall–Kier alpha value is -2.79. The van der Waals surface area contributed by atoms with E-state index in [-0.39, 0.29) is 29.8 Å². The van der Waals surface area contributed by atoms with Gasteiger partial charge in [0.15, 0.2) is 0 Å². The molecule has 2 heterocycles. The summed E-state index contributed by atoms with van der Waals surface area (Å²) in [7, 11) is 0. The predicted octanol–water partition coefficient (Wildman–Crippen LogP) is 2.85. The van der Waals surface area contributed by atoms with Gasteiger partial charge >= 0.3 is 6.18 Å². The first-order chi connectivity index (χ1) is 11.8. The fourth-order valence-electron chi connectivity index (χ4n) is 3.12. The molecule has 0 saturated carbocycles. The van der Waals surface area contributed by atoms with Gasteiger partial charge in [-0.3, -0.25) is 4.79 Å². The molecule has 1 saturated heterocycles. The molecule has 1 aliphatic heterocycles. The molecule has 1 aromatic heterocycles. The Morgan fingerprint density at radius 1 is 1.36 bits per heavy atom. The standard InChI is InChI=1S/C17H14F3N3O2/c18-17(19,20)13-4-2-1-3-12(13)15-6-11(24)9-23(15)16(25)14-5-10(7-21)8-22-14/h1-5,8,11,15,22,24H,6,9H2/t11-,15+/m0/s1. The van der Waals surface area contributed by atoms with E-state index in [1.807, 2.05) is 6.07 Å². The lowest BCUT2D eigenvalue weighted by Crippen LogP contribution is -2.32. The quantitative estimate of drug-likeness (QED) is 0.875. The van der Waals surface area contributed by atoms with Crippen molar-refractivity contribution < 1.29 is 23.1 Å². The number of hydrogen-bond acceptors (Lipinski definition) is 3. The monoisotopic (exact) mass is 349 g/mol. The van der Waals surface area contributed by atoms with Crippen LogP contribution >= 0.6 is 0 Å². The minimum absolute atomic E-state index is 0.0185. The van der Waals surface area contributed by atoms with E-state index < -0.39 is 29.8 Å². The van der Waals surface area contributed by atoms with Crippen LogP contribution in [-0.2, 0) is 6.18 Å². The maximum absolute atomic E-state index is 13.3. The molecule has 25 heavy (non-hydrogen) atoms. The topological polar surface area (TPSA) is 80.1 Å². The van der Waals surface area contributed by atoms with Crippen molar-refractivity contribution >= 4 is 5.91 Å². The summed E-state index contributed by atoms with van der Waals surface area (Å²) >= 11 is 0. The van der Waals surface area contributed by atoms with Crippen LogP contribution in [0.25, 0.3) is 0 Å². The zero-order valence-corrected chi connectivity index (χ0v) is 12.9. The van der Waals surface area contributed by atoms with Gasteiger partial charge in [-0.1, -0.05) is 18.2 Å². The second-order valence-corrected chi connectivity index (χ2v) is 5.86. The first-order valence-corrected chi connectivity index (χ1v) is 7.55. The summed E-state index contributed by atoms with van der Waals surface area (Å²) in [5, 5.41) is 18.8. The van der Waals surface area contributed by atoms with Gasteiger partial charge in [-0.05, 0) is 24.1 Å². The molecule has 130 valence electrons. The molecular formula is C17H14F3N3O2. The molecule has 1 amide bonds. The Labute approximate surface area is 141 Å². The lowest BCUT2D eigenvalue weighted by atomic mass is 9.97. The van der Waals surface area contributed by atoms with Crippen molar-refractivity contribution in [3.8, 4) is 6.07 Å². The van der Waals surface area contributed by atoms with E-state index in [4.69, 9.17) is 5.26 Å². The molecule has 1 fully saturated rings. The highest BCUT2D eigenvalue weighted by Gasteiger charge is 2.41. The number of likely N-dealkylation sites (tertiary alicyclic amines) is 1. The van der Waals surface area contributed by atoms with E-state index >= 15 is 0 Å². The van der Waals surface area contributed by atoms with Crippen molar-refractivity contribution in [3.05, 3.63) is 58.9 Å². The first kappa shape index (κ1) is 17.0. The fraction of sp³-hybridized carbons (Fsp3) is 0.294. The number of β-amino-alcohol motifs (C(OH)–C–C–N with tert-alkyl or cyclic N) is 1. The molecule has 1 aliphatic rings. The Morgan fingerprint density at radius 3 is 2.72 bits per heavy atom. The lowest BCUT2D eigenvalue weighted by molar-refractivity contribution is -0.138. The summed E-state index contributed by atoms with van der Waals surface area (Å²) in [4.78, 5) is 16.5. The second kappa shape index (κ2) is 6.26. The van der Waals surface area contributed by atoms with Crippen LogP contribution in [0.15, 0.2) is 36.5 Å². The van der Waals surface area contributed by atoms with Crippen molar-refractivity contribution in [2.24, 2.45) is 0 Å². The summed E-state index contributed by atoms with van der Waals surface area (Å²) in [6.45, 7) is -0.0728. The molecule has 0 unspecified atom stereocenters. The van der Waals surface area contributed by atoms with Gasteiger partial charge in [-0.25, -0.2) is 0 Å². The van der Waals surface area contributed by atoms with E-state index in [0.717, 1.165) is 6.07 Å². The van der Waals surface area contributed by atoms with Crippen LogP contribution in [0.1, 0.15) is 39.6 Å². The van der Waals surface area contributed by atoms with E-state index in [9.17, 15) is 23.1 Å². The summed E-state index contributed by atoms with van der Waals surface area (Å²) in [6.07, 6.45) is -4.11. The van der Waals surface area contributed by atoms with Crippen molar-refractivity contribution in [1.82, 2.24) is 9.88 Å². The highest BCUT2D eigenvalue weighted by Crippen LogP contribution is 2.40. The minimum Gasteiger partial charge on any atom is -0.391 e. The molecule has 0 bridgehead atoms. The fourth-order valence-corrected chi connectivity index (χ4v) is 3.12. The number of aliphatic hydroxyl groups is 1. The Kier molecular flexibility index (Phi) is 4.27. The molecule has 2 atom stereocenters. The summed E-state index contributed by atoms with van der Waals surface area (Å²) in [6, 6.07) is 7.35. The van der Waals surface area contributed by atoms with Gasteiger partial charge in [0.1, 0.15) is 11.8 Å².